The maximum Gasteiger partial charge on any atom is 0.219 e. The first-order valence-corrected chi connectivity index (χ1v) is 5.66. The predicted octanol–water partition coefficient (Wildman–Crippen LogP) is 3.32. The lowest BCUT2D eigenvalue weighted by molar-refractivity contribution is 0.173. The van der Waals surface area contributed by atoms with Crippen LogP contribution in [0, 0.1) is 0 Å². The molecule has 2 rings (SSSR count). The Balaban J connectivity index is 2.08. The number of rotatable bonds is 4. The van der Waals surface area contributed by atoms with Crippen LogP contribution in [0.1, 0.15) is 25.0 Å². The van der Waals surface area contributed by atoms with E-state index in [0.29, 0.717) is 12.3 Å². The van der Waals surface area contributed by atoms with Crippen LogP contribution >= 0.6 is 0 Å². The highest BCUT2D eigenvalue weighted by molar-refractivity contribution is 5.27. The molecule has 1 N–H and O–H groups in total. The van der Waals surface area contributed by atoms with Crippen LogP contribution < -0.4 is 4.74 Å². The molecule has 17 heavy (non-hydrogen) atoms. The average Bonchev–Trinajstić information content (AvgIpc) is 2.40. The maximum absolute atomic E-state index is 9.63. The number of benzene rings is 1. The van der Waals surface area contributed by atoms with Crippen molar-refractivity contribution in [2.24, 2.45) is 0 Å². The summed E-state index contributed by atoms with van der Waals surface area (Å²) in [6.45, 7) is 1.93. The molecule has 0 radical (unpaired) electrons. The average molecular weight is 229 g/mol. The monoisotopic (exact) mass is 229 g/mol. The van der Waals surface area contributed by atoms with E-state index in [9.17, 15) is 5.11 Å². The number of nitrogens with zero attached hydrogens (tertiary/aromatic N) is 1. The Bertz CT molecular complexity index is 453. The van der Waals surface area contributed by atoms with Gasteiger partial charge in [0, 0.05) is 12.3 Å². The number of hydrogen-bond acceptors (Lipinski definition) is 3. The summed E-state index contributed by atoms with van der Waals surface area (Å²) in [5.74, 6) is 1.28. The lowest BCUT2D eigenvalue weighted by Gasteiger charge is -2.08. The summed E-state index contributed by atoms with van der Waals surface area (Å²) in [6, 6.07) is 13.1. The molecule has 0 saturated carbocycles. The van der Waals surface area contributed by atoms with E-state index in [1.807, 2.05) is 43.3 Å². The van der Waals surface area contributed by atoms with E-state index in [2.05, 4.69) is 4.98 Å². The van der Waals surface area contributed by atoms with Crippen molar-refractivity contribution in [1.82, 2.24) is 4.98 Å². The third-order valence-corrected chi connectivity index (χ3v) is 2.50. The van der Waals surface area contributed by atoms with Crippen LogP contribution in [-0.2, 0) is 0 Å². The second-order valence-corrected chi connectivity index (χ2v) is 3.77. The number of hydrogen-bond donors (Lipinski definition) is 1. The van der Waals surface area contributed by atoms with Gasteiger partial charge in [-0.15, -0.1) is 0 Å². The van der Waals surface area contributed by atoms with E-state index in [1.165, 1.54) is 0 Å². The van der Waals surface area contributed by atoms with Gasteiger partial charge >= 0.3 is 0 Å². The molecule has 0 aliphatic heterocycles. The van der Waals surface area contributed by atoms with Crippen molar-refractivity contribution in [3.8, 4) is 11.6 Å². The molecule has 0 bridgehead atoms. The fourth-order valence-electron chi connectivity index (χ4n) is 1.49. The highest BCUT2D eigenvalue weighted by Crippen LogP contribution is 2.21. The van der Waals surface area contributed by atoms with E-state index >= 15 is 0 Å². The molecular formula is C14H15NO2. The van der Waals surface area contributed by atoms with Crippen LogP contribution in [0.25, 0.3) is 0 Å². The zero-order chi connectivity index (χ0) is 12.1. The van der Waals surface area contributed by atoms with E-state index in [-0.39, 0.29) is 0 Å². The Morgan fingerprint density at radius 2 is 1.94 bits per heavy atom. The SMILES string of the molecule is CCC(O)c1ccc(Oc2ccccc2)nc1. The van der Waals surface area contributed by atoms with E-state index in [4.69, 9.17) is 4.74 Å². The Kier molecular flexibility index (Phi) is 3.73. The van der Waals surface area contributed by atoms with Crippen molar-refractivity contribution in [3.63, 3.8) is 0 Å². The van der Waals surface area contributed by atoms with E-state index in [0.717, 1.165) is 11.3 Å². The number of aromatic nitrogens is 1. The molecule has 0 spiro atoms. The molecular weight excluding hydrogens is 214 g/mol. The zero-order valence-corrected chi connectivity index (χ0v) is 9.71. The third kappa shape index (κ3) is 3.04. The van der Waals surface area contributed by atoms with Gasteiger partial charge in [-0.05, 0) is 30.2 Å². The van der Waals surface area contributed by atoms with Crippen LogP contribution in [0.2, 0.25) is 0 Å². The molecule has 88 valence electrons. The summed E-state index contributed by atoms with van der Waals surface area (Å²) in [4.78, 5) is 4.16. The standard InChI is InChI=1S/C14H15NO2/c1-2-13(16)11-8-9-14(15-10-11)17-12-6-4-3-5-7-12/h3-10,13,16H,2H2,1H3. The molecule has 1 aromatic carbocycles. The molecule has 3 nitrogen and oxygen atoms in total. The lowest BCUT2D eigenvalue weighted by atomic mass is 10.1. The molecule has 0 amide bonds. The highest BCUT2D eigenvalue weighted by atomic mass is 16.5. The Morgan fingerprint density at radius 3 is 2.53 bits per heavy atom. The van der Waals surface area contributed by atoms with Crippen molar-refractivity contribution < 1.29 is 9.84 Å². The largest absolute Gasteiger partial charge is 0.439 e. The van der Waals surface area contributed by atoms with Crippen molar-refractivity contribution in [1.29, 1.82) is 0 Å². The van der Waals surface area contributed by atoms with Crippen LogP contribution in [0.5, 0.6) is 11.6 Å². The summed E-state index contributed by atoms with van der Waals surface area (Å²) >= 11 is 0. The third-order valence-electron chi connectivity index (χ3n) is 2.50. The number of pyridine rings is 1. The van der Waals surface area contributed by atoms with Crippen molar-refractivity contribution in [2.75, 3.05) is 0 Å². The van der Waals surface area contributed by atoms with Gasteiger partial charge in [-0.3, -0.25) is 0 Å². The summed E-state index contributed by atoms with van der Waals surface area (Å²) < 4.78 is 5.55. The summed E-state index contributed by atoms with van der Waals surface area (Å²) in [7, 11) is 0. The number of ether oxygens (including phenoxy) is 1. The Morgan fingerprint density at radius 1 is 1.18 bits per heavy atom. The second-order valence-electron chi connectivity index (χ2n) is 3.77. The number of para-hydroxylation sites is 1. The quantitative estimate of drug-likeness (QED) is 0.874. The lowest BCUT2D eigenvalue weighted by Crippen LogP contribution is -1.96. The highest BCUT2D eigenvalue weighted by Gasteiger charge is 2.05. The minimum Gasteiger partial charge on any atom is -0.439 e. The van der Waals surface area contributed by atoms with Gasteiger partial charge in [0.05, 0.1) is 6.10 Å². The van der Waals surface area contributed by atoms with Gasteiger partial charge in [-0.1, -0.05) is 25.1 Å². The Labute approximate surface area is 101 Å². The fraction of sp³-hybridized carbons (Fsp3) is 0.214. The zero-order valence-electron chi connectivity index (χ0n) is 9.71. The van der Waals surface area contributed by atoms with Crippen LogP contribution in [0.15, 0.2) is 48.7 Å². The maximum atomic E-state index is 9.63. The molecule has 0 aliphatic rings. The molecule has 0 aliphatic carbocycles. The van der Waals surface area contributed by atoms with Crippen LogP contribution in [0.3, 0.4) is 0 Å². The van der Waals surface area contributed by atoms with Gasteiger partial charge in [0.15, 0.2) is 0 Å². The molecule has 0 fully saturated rings. The normalized spacial score (nSPS) is 12.1. The number of aliphatic hydroxyl groups excluding tert-OH is 1. The van der Waals surface area contributed by atoms with Gasteiger partial charge in [0.1, 0.15) is 5.75 Å². The van der Waals surface area contributed by atoms with Crippen LogP contribution in [-0.4, -0.2) is 10.1 Å². The second kappa shape index (κ2) is 5.46. The van der Waals surface area contributed by atoms with Crippen molar-refractivity contribution in [2.45, 2.75) is 19.4 Å². The fourth-order valence-corrected chi connectivity index (χ4v) is 1.49. The predicted molar refractivity (Wildman–Crippen MR) is 66.0 cm³/mol. The topological polar surface area (TPSA) is 42.4 Å². The van der Waals surface area contributed by atoms with E-state index < -0.39 is 6.10 Å². The molecule has 1 atom stereocenters. The number of aliphatic hydroxyl groups is 1. The minimum absolute atomic E-state index is 0.451. The Hall–Kier alpha value is -1.87. The molecule has 1 unspecified atom stereocenters. The first-order valence-electron chi connectivity index (χ1n) is 5.66. The van der Waals surface area contributed by atoms with Crippen LogP contribution in [0.4, 0.5) is 0 Å². The van der Waals surface area contributed by atoms with Gasteiger partial charge in [-0.25, -0.2) is 4.98 Å². The van der Waals surface area contributed by atoms with Gasteiger partial charge in [-0.2, -0.15) is 0 Å². The van der Waals surface area contributed by atoms with Crippen molar-refractivity contribution >= 4 is 0 Å². The summed E-state index contributed by atoms with van der Waals surface area (Å²) in [5.41, 5.74) is 0.813. The molecule has 0 saturated heterocycles. The molecule has 3 heteroatoms. The first-order chi connectivity index (χ1) is 8.29. The van der Waals surface area contributed by atoms with Crippen molar-refractivity contribution in [3.05, 3.63) is 54.2 Å². The van der Waals surface area contributed by atoms with Gasteiger partial charge < -0.3 is 9.84 Å². The van der Waals surface area contributed by atoms with Gasteiger partial charge in [0.25, 0.3) is 0 Å². The molecule has 2 aromatic rings. The summed E-state index contributed by atoms with van der Waals surface area (Å²) in [6.07, 6.45) is 1.88. The minimum atomic E-state index is -0.451. The first kappa shape index (κ1) is 11.6. The molecule has 1 heterocycles. The summed E-state index contributed by atoms with van der Waals surface area (Å²) in [5, 5.41) is 9.63. The smallest absolute Gasteiger partial charge is 0.219 e. The van der Waals surface area contributed by atoms with Gasteiger partial charge in [0.2, 0.25) is 5.88 Å². The van der Waals surface area contributed by atoms with E-state index in [1.54, 1.807) is 12.3 Å². The molecule has 1 aromatic heterocycles.